The van der Waals surface area contributed by atoms with Crippen molar-refractivity contribution in [1.29, 1.82) is 0 Å². The number of hydrogen-bond acceptors (Lipinski definition) is 7. The summed E-state index contributed by atoms with van der Waals surface area (Å²) in [5, 5.41) is 7.53. The predicted octanol–water partition coefficient (Wildman–Crippen LogP) is 5.09. The largest absolute Gasteiger partial charge is 0.380 e. The zero-order valence-electron chi connectivity index (χ0n) is 19.3. The molecule has 4 rings (SSSR count). The molecule has 2 saturated heterocycles. The quantitative estimate of drug-likeness (QED) is 0.264. The highest BCUT2D eigenvalue weighted by atomic mass is 16.7. The van der Waals surface area contributed by atoms with Crippen molar-refractivity contribution >= 4 is 0 Å². The first-order valence-electron chi connectivity index (χ1n) is 11.3. The van der Waals surface area contributed by atoms with Crippen LogP contribution in [0.3, 0.4) is 0 Å². The minimum atomic E-state index is -0.639. The fourth-order valence-electron chi connectivity index (χ4n) is 4.08. The molecule has 0 saturated carbocycles. The van der Waals surface area contributed by atoms with Crippen molar-refractivity contribution in [2.75, 3.05) is 52.7 Å². The Bertz CT molecular complexity index is 943. The third-order valence-electron chi connectivity index (χ3n) is 6.06. The molecule has 0 aromatic heterocycles. The van der Waals surface area contributed by atoms with Gasteiger partial charge in [-0.25, -0.2) is 0 Å². The summed E-state index contributed by atoms with van der Waals surface area (Å²) < 4.78 is 30.0. The van der Waals surface area contributed by atoms with Crippen LogP contribution in [0.1, 0.15) is 23.7 Å². The molecule has 0 amide bonds. The average molecular weight is 481 g/mol. The Hall–Kier alpha value is -3.14. The van der Waals surface area contributed by atoms with Crippen LogP contribution in [-0.2, 0) is 23.7 Å². The van der Waals surface area contributed by atoms with Gasteiger partial charge >= 0.3 is 0 Å². The van der Waals surface area contributed by atoms with Gasteiger partial charge in [0, 0.05) is 44.9 Å². The van der Waals surface area contributed by atoms with E-state index in [4.69, 9.17) is 34.7 Å². The lowest BCUT2D eigenvalue weighted by Crippen LogP contribution is -2.48. The van der Waals surface area contributed by atoms with E-state index >= 15 is 0 Å². The van der Waals surface area contributed by atoms with Crippen molar-refractivity contribution in [3.05, 3.63) is 92.7 Å². The van der Waals surface area contributed by atoms with Crippen LogP contribution in [0.2, 0.25) is 0 Å². The molecule has 0 bridgehead atoms. The highest BCUT2D eigenvalue weighted by Crippen LogP contribution is 2.35. The second kappa shape index (κ2) is 12.0. The summed E-state index contributed by atoms with van der Waals surface area (Å²) in [6, 6.07) is 19.3. The van der Waals surface area contributed by atoms with E-state index in [1.165, 1.54) is 0 Å². The fourth-order valence-corrected chi connectivity index (χ4v) is 4.08. The monoisotopic (exact) mass is 480 g/mol. The molecular weight excluding hydrogens is 452 g/mol. The predicted molar refractivity (Wildman–Crippen MR) is 126 cm³/mol. The summed E-state index contributed by atoms with van der Waals surface area (Å²) in [6.07, 6.45) is -0.969. The van der Waals surface area contributed by atoms with Gasteiger partial charge in [0.25, 0.3) is 0 Å². The second-order valence-corrected chi connectivity index (χ2v) is 9.00. The molecule has 0 spiro atoms. The van der Waals surface area contributed by atoms with Gasteiger partial charge in [-0.15, -0.1) is 0 Å². The van der Waals surface area contributed by atoms with Crippen LogP contribution < -0.4 is 0 Å². The van der Waals surface area contributed by atoms with Gasteiger partial charge in [-0.05, 0) is 11.1 Å². The highest BCUT2D eigenvalue weighted by Gasteiger charge is 2.41. The number of hydrogen-bond donors (Lipinski definition) is 0. The topological polar surface area (TPSA) is 144 Å². The molecule has 0 N–H and O–H groups in total. The molecule has 2 fully saturated rings. The van der Waals surface area contributed by atoms with Crippen molar-refractivity contribution in [2.45, 2.75) is 12.6 Å². The average Bonchev–Trinajstić information content (AvgIpc) is 2.93. The highest BCUT2D eigenvalue weighted by molar-refractivity contribution is 5.17. The summed E-state index contributed by atoms with van der Waals surface area (Å²) in [4.78, 5) is 5.81. The number of nitrogens with zero attached hydrogens (tertiary/aromatic N) is 6. The SMILES string of the molecule is [N-]=[N+]=NCC1(COCC2(CN=[N+]=[N-])COC(c3ccccc3)OC2)COC(c2ccccc2)OC1. The third kappa shape index (κ3) is 6.50. The third-order valence-corrected chi connectivity index (χ3v) is 6.06. The van der Waals surface area contributed by atoms with E-state index in [0.717, 1.165) is 11.1 Å². The maximum Gasteiger partial charge on any atom is 0.183 e. The van der Waals surface area contributed by atoms with E-state index in [9.17, 15) is 0 Å². The Morgan fingerprint density at radius 2 is 1.06 bits per heavy atom. The Labute approximate surface area is 203 Å². The molecule has 11 nitrogen and oxygen atoms in total. The fraction of sp³-hybridized carbons (Fsp3) is 0.500. The van der Waals surface area contributed by atoms with Crippen LogP contribution in [-0.4, -0.2) is 52.7 Å². The lowest BCUT2D eigenvalue weighted by atomic mass is 9.88. The van der Waals surface area contributed by atoms with Gasteiger partial charge in [-0.3, -0.25) is 0 Å². The molecule has 2 aliphatic rings. The maximum atomic E-state index is 8.88. The normalized spacial score (nSPS) is 28.5. The Kier molecular flexibility index (Phi) is 8.57. The van der Waals surface area contributed by atoms with Gasteiger partial charge in [0.05, 0.1) is 39.6 Å². The zero-order valence-corrected chi connectivity index (χ0v) is 19.3. The summed E-state index contributed by atoms with van der Waals surface area (Å²) in [5.41, 5.74) is 18.3. The number of benzene rings is 2. The van der Waals surface area contributed by atoms with Crippen molar-refractivity contribution in [1.82, 2.24) is 0 Å². The molecule has 0 unspecified atom stereocenters. The van der Waals surface area contributed by atoms with Crippen molar-refractivity contribution < 1.29 is 23.7 Å². The van der Waals surface area contributed by atoms with Crippen LogP contribution in [0.4, 0.5) is 0 Å². The number of azide groups is 2. The number of ether oxygens (including phenoxy) is 5. The summed E-state index contributed by atoms with van der Waals surface area (Å²) in [6.45, 7) is 2.00. The van der Waals surface area contributed by atoms with E-state index in [1.807, 2.05) is 60.7 Å². The molecule has 35 heavy (non-hydrogen) atoms. The van der Waals surface area contributed by atoms with Crippen LogP contribution >= 0.6 is 0 Å². The maximum absolute atomic E-state index is 8.88. The molecule has 2 heterocycles. The van der Waals surface area contributed by atoms with Crippen molar-refractivity contribution in [2.24, 2.45) is 21.1 Å². The molecular formula is C24H28N6O5. The van der Waals surface area contributed by atoms with Crippen LogP contribution in [0.15, 0.2) is 70.9 Å². The van der Waals surface area contributed by atoms with Gasteiger partial charge in [0.2, 0.25) is 0 Å². The van der Waals surface area contributed by atoms with Gasteiger partial charge in [0.1, 0.15) is 0 Å². The Morgan fingerprint density at radius 1 is 0.686 bits per heavy atom. The minimum Gasteiger partial charge on any atom is -0.380 e. The van der Waals surface area contributed by atoms with Gasteiger partial charge in [-0.2, -0.15) is 0 Å². The Balaban J connectivity index is 1.37. The van der Waals surface area contributed by atoms with Crippen molar-refractivity contribution in [3.63, 3.8) is 0 Å². The van der Waals surface area contributed by atoms with Gasteiger partial charge < -0.3 is 23.7 Å². The van der Waals surface area contributed by atoms with E-state index in [0.29, 0.717) is 26.4 Å². The zero-order chi connectivity index (χ0) is 24.4. The van der Waals surface area contributed by atoms with Gasteiger partial charge in [0.15, 0.2) is 12.6 Å². The van der Waals surface area contributed by atoms with E-state index in [2.05, 4.69) is 20.1 Å². The first-order chi connectivity index (χ1) is 17.2. The van der Waals surface area contributed by atoms with Crippen LogP contribution in [0.25, 0.3) is 20.9 Å². The molecule has 2 aromatic carbocycles. The molecule has 2 aromatic rings. The summed E-state index contributed by atoms with van der Waals surface area (Å²) >= 11 is 0. The summed E-state index contributed by atoms with van der Waals surface area (Å²) in [7, 11) is 0. The van der Waals surface area contributed by atoms with E-state index < -0.39 is 23.4 Å². The van der Waals surface area contributed by atoms with E-state index in [-0.39, 0.29) is 26.3 Å². The lowest BCUT2D eigenvalue weighted by molar-refractivity contribution is -0.256. The molecule has 0 aliphatic carbocycles. The summed E-state index contributed by atoms with van der Waals surface area (Å²) in [5.74, 6) is 0. The Morgan fingerprint density at radius 3 is 1.40 bits per heavy atom. The van der Waals surface area contributed by atoms with E-state index in [1.54, 1.807) is 0 Å². The first-order valence-corrected chi connectivity index (χ1v) is 11.3. The molecule has 0 radical (unpaired) electrons. The lowest BCUT2D eigenvalue weighted by Gasteiger charge is -2.42. The molecule has 0 atom stereocenters. The smallest absolute Gasteiger partial charge is 0.183 e. The van der Waals surface area contributed by atoms with Crippen molar-refractivity contribution in [3.8, 4) is 0 Å². The van der Waals surface area contributed by atoms with Gasteiger partial charge in [-0.1, -0.05) is 70.9 Å². The standard InChI is InChI=1S/C24H28N6O5/c25-29-27-11-23(15-32-21(33-16-23)19-7-3-1-4-8-19)13-31-14-24(12-28-30-26)17-34-22(35-18-24)20-9-5-2-6-10-20/h1-10,21-22H,11-18H2. The number of rotatable bonds is 10. The molecule has 2 aliphatic heterocycles. The minimum absolute atomic E-state index is 0.164. The van der Waals surface area contributed by atoms with Crippen LogP contribution in [0, 0.1) is 10.8 Å². The second-order valence-electron chi connectivity index (χ2n) is 9.00. The molecule has 11 heteroatoms. The first kappa shape index (κ1) is 25.0. The molecule has 184 valence electrons. The van der Waals surface area contributed by atoms with Crippen LogP contribution in [0.5, 0.6) is 0 Å².